The molecule has 0 saturated carbocycles. The van der Waals surface area contributed by atoms with Crippen LogP contribution in [0.3, 0.4) is 0 Å². The molecule has 1 heterocycles. The minimum absolute atomic E-state index is 0.719. The van der Waals surface area contributed by atoms with Crippen molar-refractivity contribution in [1.29, 1.82) is 0 Å². The summed E-state index contributed by atoms with van der Waals surface area (Å²) in [5, 5.41) is 1.70. The van der Waals surface area contributed by atoms with Gasteiger partial charge in [0.15, 0.2) is 0 Å². The minimum Gasteiger partial charge on any atom is -0.255 e. The van der Waals surface area contributed by atoms with Gasteiger partial charge in [-0.05, 0) is 40.0 Å². The largest absolute Gasteiger partial charge is 0.255 e. The van der Waals surface area contributed by atoms with Gasteiger partial charge in [-0.3, -0.25) is 4.98 Å². The highest BCUT2D eigenvalue weighted by molar-refractivity contribution is 9.10. The fraction of sp³-hybridized carbons (Fsp3) is 0.182. The Labute approximate surface area is 110 Å². The Kier molecular flexibility index (Phi) is 3.33. The second kappa shape index (κ2) is 4.40. The molecule has 4 heteroatoms. The van der Waals surface area contributed by atoms with Crippen LogP contribution in [0.5, 0.6) is 0 Å². The van der Waals surface area contributed by atoms with Crippen LogP contribution >= 0.6 is 43.5 Å². The van der Waals surface area contributed by atoms with Crippen molar-refractivity contribution in [1.82, 2.24) is 4.98 Å². The number of rotatable bonds is 1. The molecular formula is C11H8Br2ClN. The molecule has 1 aromatic carbocycles. The summed E-state index contributed by atoms with van der Waals surface area (Å²) in [4.78, 5) is 4.40. The monoisotopic (exact) mass is 347 g/mol. The number of halogens is 3. The van der Waals surface area contributed by atoms with Gasteiger partial charge in [0.2, 0.25) is 0 Å². The predicted octanol–water partition coefficient (Wildman–Crippen LogP) is 4.98. The quantitative estimate of drug-likeness (QED) is 0.708. The number of pyridine rings is 1. The standard InChI is InChI=1S/C11H8Br2ClN/c1-2-6-3-7(12)4-8-10(14)9(13)5-15-11(6)8/h3-5H,2H2,1H3. The van der Waals surface area contributed by atoms with Crippen molar-refractivity contribution >= 4 is 54.4 Å². The molecule has 0 atom stereocenters. The molecule has 2 rings (SSSR count). The maximum Gasteiger partial charge on any atom is 0.0750 e. The first kappa shape index (κ1) is 11.4. The fourth-order valence-electron chi connectivity index (χ4n) is 1.55. The van der Waals surface area contributed by atoms with Crippen molar-refractivity contribution in [2.24, 2.45) is 0 Å². The molecular weight excluding hydrogens is 341 g/mol. The molecule has 15 heavy (non-hydrogen) atoms. The lowest BCUT2D eigenvalue weighted by molar-refractivity contribution is 1.14. The third kappa shape index (κ3) is 2.05. The van der Waals surface area contributed by atoms with Gasteiger partial charge in [0.05, 0.1) is 15.0 Å². The maximum absolute atomic E-state index is 6.22. The second-order valence-corrected chi connectivity index (χ2v) is 5.38. The summed E-state index contributed by atoms with van der Waals surface area (Å²) in [5.41, 5.74) is 2.18. The molecule has 0 fully saturated rings. The van der Waals surface area contributed by atoms with E-state index in [1.807, 2.05) is 6.07 Å². The number of aryl methyl sites for hydroxylation is 1. The van der Waals surface area contributed by atoms with E-state index in [0.717, 1.165) is 31.3 Å². The number of nitrogens with zero attached hydrogens (tertiary/aromatic N) is 1. The Balaban J connectivity index is 2.89. The van der Waals surface area contributed by atoms with Gasteiger partial charge in [0.1, 0.15) is 0 Å². The highest BCUT2D eigenvalue weighted by Crippen LogP contribution is 2.33. The van der Waals surface area contributed by atoms with E-state index in [1.54, 1.807) is 6.20 Å². The number of fused-ring (bicyclic) bond motifs is 1. The molecule has 0 spiro atoms. The van der Waals surface area contributed by atoms with Gasteiger partial charge in [-0.1, -0.05) is 34.5 Å². The van der Waals surface area contributed by atoms with Crippen molar-refractivity contribution in [3.05, 3.63) is 37.9 Å². The molecule has 0 bridgehead atoms. The van der Waals surface area contributed by atoms with Gasteiger partial charge < -0.3 is 0 Å². The van der Waals surface area contributed by atoms with Crippen molar-refractivity contribution in [2.75, 3.05) is 0 Å². The van der Waals surface area contributed by atoms with Crippen LogP contribution in [0.25, 0.3) is 10.9 Å². The van der Waals surface area contributed by atoms with E-state index < -0.39 is 0 Å². The molecule has 0 radical (unpaired) electrons. The zero-order chi connectivity index (χ0) is 11.0. The van der Waals surface area contributed by atoms with E-state index in [0.29, 0.717) is 0 Å². The number of aromatic nitrogens is 1. The lowest BCUT2D eigenvalue weighted by atomic mass is 10.1. The van der Waals surface area contributed by atoms with E-state index in [2.05, 4.69) is 49.8 Å². The molecule has 0 aliphatic rings. The number of hydrogen-bond donors (Lipinski definition) is 0. The summed E-state index contributed by atoms with van der Waals surface area (Å²) in [5.74, 6) is 0. The first-order chi connectivity index (χ1) is 7.13. The highest BCUT2D eigenvalue weighted by atomic mass is 79.9. The summed E-state index contributed by atoms with van der Waals surface area (Å²) < 4.78 is 1.87. The Morgan fingerprint density at radius 2 is 2.07 bits per heavy atom. The zero-order valence-electron chi connectivity index (χ0n) is 8.02. The summed E-state index contributed by atoms with van der Waals surface area (Å²) in [6.07, 6.45) is 2.69. The third-order valence-electron chi connectivity index (χ3n) is 2.29. The Morgan fingerprint density at radius 3 is 2.73 bits per heavy atom. The highest BCUT2D eigenvalue weighted by Gasteiger charge is 2.08. The first-order valence-corrected chi connectivity index (χ1v) is 6.52. The fourth-order valence-corrected chi connectivity index (χ4v) is 2.57. The van der Waals surface area contributed by atoms with E-state index in [9.17, 15) is 0 Å². The molecule has 2 aromatic rings. The summed E-state index contributed by atoms with van der Waals surface area (Å²) >= 11 is 13.1. The molecule has 0 aliphatic heterocycles. The van der Waals surface area contributed by atoms with Crippen LogP contribution in [0.2, 0.25) is 5.02 Å². The average molecular weight is 349 g/mol. The normalized spacial score (nSPS) is 10.9. The van der Waals surface area contributed by atoms with Gasteiger partial charge in [0.25, 0.3) is 0 Å². The van der Waals surface area contributed by atoms with Crippen LogP contribution < -0.4 is 0 Å². The molecule has 1 nitrogen and oxygen atoms in total. The lowest BCUT2D eigenvalue weighted by Crippen LogP contribution is -1.89. The van der Waals surface area contributed by atoms with Crippen molar-refractivity contribution in [3.63, 3.8) is 0 Å². The molecule has 0 unspecified atom stereocenters. The SMILES string of the molecule is CCc1cc(Br)cc2c(Cl)c(Br)cnc12. The predicted molar refractivity (Wildman–Crippen MR) is 71.5 cm³/mol. The Morgan fingerprint density at radius 1 is 1.33 bits per heavy atom. The van der Waals surface area contributed by atoms with Crippen LogP contribution in [-0.2, 0) is 6.42 Å². The Bertz CT molecular complexity index is 525. The second-order valence-electron chi connectivity index (χ2n) is 3.23. The maximum atomic E-state index is 6.22. The van der Waals surface area contributed by atoms with Crippen LogP contribution in [-0.4, -0.2) is 4.98 Å². The summed E-state index contributed by atoms with van der Waals surface area (Å²) in [7, 11) is 0. The van der Waals surface area contributed by atoms with Crippen molar-refractivity contribution in [3.8, 4) is 0 Å². The van der Waals surface area contributed by atoms with Crippen LogP contribution in [0.4, 0.5) is 0 Å². The van der Waals surface area contributed by atoms with E-state index in [-0.39, 0.29) is 0 Å². The Hall–Kier alpha value is -0.120. The van der Waals surface area contributed by atoms with Gasteiger partial charge in [0, 0.05) is 16.1 Å². The molecule has 0 aliphatic carbocycles. The summed E-state index contributed by atoms with van der Waals surface area (Å²) in [6, 6.07) is 4.08. The van der Waals surface area contributed by atoms with Gasteiger partial charge in [-0.15, -0.1) is 0 Å². The van der Waals surface area contributed by atoms with Crippen molar-refractivity contribution < 1.29 is 0 Å². The van der Waals surface area contributed by atoms with Crippen LogP contribution in [0, 0.1) is 0 Å². The lowest BCUT2D eigenvalue weighted by Gasteiger charge is -2.07. The van der Waals surface area contributed by atoms with Gasteiger partial charge in [-0.25, -0.2) is 0 Å². The number of hydrogen-bond acceptors (Lipinski definition) is 1. The van der Waals surface area contributed by atoms with Crippen LogP contribution in [0.1, 0.15) is 12.5 Å². The topological polar surface area (TPSA) is 12.9 Å². The van der Waals surface area contributed by atoms with E-state index in [4.69, 9.17) is 11.6 Å². The molecule has 0 N–H and O–H groups in total. The molecule has 0 amide bonds. The third-order valence-corrected chi connectivity index (χ3v) is 3.98. The van der Waals surface area contributed by atoms with E-state index in [1.165, 1.54) is 5.56 Å². The van der Waals surface area contributed by atoms with Gasteiger partial charge >= 0.3 is 0 Å². The smallest absolute Gasteiger partial charge is 0.0750 e. The first-order valence-electron chi connectivity index (χ1n) is 4.55. The molecule has 78 valence electrons. The minimum atomic E-state index is 0.719. The average Bonchev–Trinajstić information content (AvgIpc) is 2.23. The zero-order valence-corrected chi connectivity index (χ0v) is 11.9. The number of benzene rings is 1. The molecule has 0 saturated heterocycles. The van der Waals surface area contributed by atoms with Crippen LogP contribution in [0.15, 0.2) is 27.3 Å². The van der Waals surface area contributed by atoms with Crippen molar-refractivity contribution in [2.45, 2.75) is 13.3 Å². The molecule has 1 aromatic heterocycles. The summed E-state index contributed by atoms with van der Waals surface area (Å²) in [6.45, 7) is 2.11. The van der Waals surface area contributed by atoms with E-state index >= 15 is 0 Å². The van der Waals surface area contributed by atoms with Gasteiger partial charge in [-0.2, -0.15) is 0 Å².